The zero-order valence-electron chi connectivity index (χ0n) is 16.3. The third-order valence-corrected chi connectivity index (χ3v) is 7.51. The number of nitrogens with zero attached hydrogens (tertiary/aromatic N) is 1. The highest BCUT2D eigenvalue weighted by molar-refractivity contribution is 5.94. The Morgan fingerprint density at radius 2 is 1.74 bits per heavy atom. The van der Waals surface area contributed by atoms with Crippen LogP contribution in [0.5, 0.6) is 5.75 Å². The molecule has 1 aromatic carbocycles. The van der Waals surface area contributed by atoms with Gasteiger partial charge in [0, 0.05) is 25.3 Å². The fourth-order valence-electron chi connectivity index (χ4n) is 6.53. The van der Waals surface area contributed by atoms with Crippen molar-refractivity contribution in [1.82, 2.24) is 4.90 Å². The van der Waals surface area contributed by atoms with Crippen molar-refractivity contribution in [3.8, 4) is 5.75 Å². The second-order valence-electron chi connectivity index (χ2n) is 9.31. The lowest BCUT2D eigenvalue weighted by Gasteiger charge is -2.56. The number of carbonyl (C=O) groups is 1. The van der Waals surface area contributed by atoms with E-state index >= 15 is 0 Å². The van der Waals surface area contributed by atoms with Crippen LogP contribution in [0.4, 0.5) is 0 Å². The first kappa shape index (κ1) is 17.5. The van der Waals surface area contributed by atoms with Gasteiger partial charge in [0.05, 0.1) is 6.10 Å². The van der Waals surface area contributed by atoms with Gasteiger partial charge in [0.25, 0.3) is 5.91 Å². The van der Waals surface area contributed by atoms with E-state index in [2.05, 4.69) is 4.90 Å². The minimum absolute atomic E-state index is 0.165. The maximum atomic E-state index is 13.1. The summed E-state index contributed by atoms with van der Waals surface area (Å²) < 4.78 is 11.4. The molecule has 4 aliphatic carbocycles. The van der Waals surface area contributed by atoms with Crippen LogP contribution in [0.25, 0.3) is 0 Å². The molecule has 1 amide bonds. The van der Waals surface area contributed by atoms with E-state index in [0.29, 0.717) is 12.6 Å². The van der Waals surface area contributed by atoms with Gasteiger partial charge >= 0.3 is 0 Å². The molecule has 1 saturated heterocycles. The minimum atomic E-state index is 0.165. The van der Waals surface area contributed by atoms with Crippen molar-refractivity contribution < 1.29 is 14.3 Å². The van der Waals surface area contributed by atoms with Crippen LogP contribution < -0.4 is 4.74 Å². The molecule has 5 aliphatic rings. The zero-order chi connectivity index (χ0) is 18.4. The summed E-state index contributed by atoms with van der Waals surface area (Å²) in [5, 5.41) is 0. The van der Waals surface area contributed by atoms with E-state index in [1.807, 2.05) is 31.3 Å². The number of rotatable bonds is 5. The van der Waals surface area contributed by atoms with Crippen LogP contribution in [-0.4, -0.2) is 43.2 Å². The number of hydrogen-bond acceptors (Lipinski definition) is 3. The van der Waals surface area contributed by atoms with Crippen LogP contribution in [0.2, 0.25) is 0 Å². The molecule has 1 aromatic rings. The van der Waals surface area contributed by atoms with Crippen molar-refractivity contribution in [3.63, 3.8) is 0 Å². The Kier molecular flexibility index (Phi) is 4.63. The van der Waals surface area contributed by atoms with Gasteiger partial charge in [-0.25, -0.2) is 0 Å². The summed E-state index contributed by atoms with van der Waals surface area (Å²) in [5.74, 6) is 4.31. The van der Waals surface area contributed by atoms with Gasteiger partial charge in [-0.2, -0.15) is 0 Å². The predicted molar refractivity (Wildman–Crippen MR) is 104 cm³/mol. The lowest BCUT2D eigenvalue weighted by atomic mass is 9.54. The Labute approximate surface area is 162 Å². The van der Waals surface area contributed by atoms with E-state index in [1.54, 1.807) is 0 Å². The molecule has 146 valence electrons. The summed E-state index contributed by atoms with van der Waals surface area (Å²) in [7, 11) is 2.02. The second-order valence-corrected chi connectivity index (χ2v) is 9.31. The molecule has 0 aromatic heterocycles. The molecule has 6 rings (SSSR count). The molecule has 0 radical (unpaired) electrons. The number of carbonyl (C=O) groups excluding carboxylic acids is 1. The third kappa shape index (κ3) is 3.37. The highest BCUT2D eigenvalue weighted by Crippen LogP contribution is 2.55. The first-order chi connectivity index (χ1) is 13.2. The molecule has 4 nitrogen and oxygen atoms in total. The first-order valence-corrected chi connectivity index (χ1v) is 10.8. The van der Waals surface area contributed by atoms with Crippen LogP contribution >= 0.6 is 0 Å². The third-order valence-electron chi connectivity index (χ3n) is 7.51. The largest absolute Gasteiger partial charge is 0.491 e. The quantitative estimate of drug-likeness (QED) is 0.783. The molecule has 4 saturated carbocycles. The monoisotopic (exact) mass is 369 g/mol. The van der Waals surface area contributed by atoms with Crippen LogP contribution in [0.3, 0.4) is 0 Å². The van der Waals surface area contributed by atoms with E-state index in [4.69, 9.17) is 9.47 Å². The zero-order valence-corrected chi connectivity index (χ0v) is 16.3. The van der Waals surface area contributed by atoms with E-state index in [-0.39, 0.29) is 12.0 Å². The lowest BCUT2D eigenvalue weighted by molar-refractivity contribution is -0.0491. The van der Waals surface area contributed by atoms with Crippen molar-refractivity contribution in [3.05, 3.63) is 29.8 Å². The summed E-state index contributed by atoms with van der Waals surface area (Å²) in [6.07, 6.45) is 9.22. The average molecular weight is 370 g/mol. The van der Waals surface area contributed by atoms with Crippen LogP contribution in [0.15, 0.2) is 24.3 Å². The van der Waals surface area contributed by atoms with Crippen molar-refractivity contribution in [2.75, 3.05) is 20.3 Å². The summed E-state index contributed by atoms with van der Waals surface area (Å²) in [6, 6.07) is 8.13. The maximum Gasteiger partial charge on any atom is 0.253 e. The maximum absolute atomic E-state index is 13.1. The van der Waals surface area contributed by atoms with Crippen molar-refractivity contribution in [1.29, 1.82) is 0 Å². The van der Waals surface area contributed by atoms with Crippen LogP contribution in [0, 0.1) is 23.7 Å². The minimum Gasteiger partial charge on any atom is -0.491 e. The Balaban J connectivity index is 1.22. The summed E-state index contributed by atoms with van der Waals surface area (Å²) in [4.78, 5) is 15.2. The van der Waals surface area contributed by atoms with E-state index in [1.165, 1.54) is 32.1 Å². The predicted octanol–water partition coefficient (Wildman–Crippen LogP) is 4.14. The van der Waals surface area contributed by atoms with Crippen molar-refractivity contribution in [2.24, 2.45) is 23.7 Å². The molecule has 0 N–H and O–H groups in total. The van der Waals surface area contributed by atoms with Crippen molar-refractivity contribution >= 4 is 5.91 Å². The van der Waals surface area contributed by atoms with Crippen molar-refractivity contribution in [2.45, 2.75) is 57.1 Å². The van der Waals surface area contributed by atoms with E-state index in [9.17, 15) is 4.79 Å². The Bertz CT molecular complexity index is 651. The van der Waals surface area contributed by atoms with E-state index in [0.717, 1.165) is 54.4 Å². The molecule has 1 heterocycles. The SMILES string of the molecule is CN(C(=O)c1ccc(OCC2CCCO2)cc1)C1C2CC3CC(C2)CC1C3. The first-order valence-electron chi connectivity index (χ1n) is 10.8. The molecule has 5 fully saturated rings. The lowest BCUT2D eigenvalue weighted by Crippen LogP contribution is -2.56. The number of hydrogen-bond donors (Lipinski definition) is 0. The van der Waals surface area contributed by atoms with E-state index < -0.39 is 0 Å². The smallest absolute Gasteiger partial charge is 0.253 e. The Hall–Kier alpha value is -1.55. The number of ether oxygens (including phenoxy) is 2. The molecule has 4 bridgehead atoms. The molecule has 1 atom stereocenters. The molecular formula is C23H31NO3. The van der Waals surface area contributed by atoms with Gasteiger partial charge in [0.2, 0.25) is 0 Å². The summed E-state index contributed by atoms with van der Waals surface area (Å²) in [5.41, 5.74) is 0.774. The van der Waals surface area contributed by atoms with Gasteiger partial charge < -0.3 is 14.4 Å². The summed E-state index contributed by atoms with van der Waals surface area (Å²) in [6.45, 7) is 1.44. The molecule has 0 spiro atoms. The average Bonchev–Trinajstić information content (AvgIpc) is 3.19. The molecule has 4 heteroatoms. The normalized spacial score (nSPS) is 36.8. The van der Waals surface area contributed by atoms with Gasteiger partial charge in [0.1, 0.15) is 12.4 Å². The fraction of sp³-hybridized carbons (Fsp3) is 0.696. The standard InChI is InChI=1S/C23H31NO3/c1-24(22-18-10-15-9-16(12-18)13-19(22)11-15)23(25)17-4-6-20(7-5-17)27-14-21-3-2-8-26-21/h4-7,15-16,18-19,21-22H,2-3,8-14H2,1H3. The molecule has 27 heavy (non-hydrogen) atoms. The molecular weight excluding hydrogens is 338 g/mol. The summed E-state index contributed by atoms with van der Waals surface area (Å²) >= 11 is 0. The van der Waals surface area contributed by atoms with Crippen LogP contribution in [-0.2, 0) is 4.74 Å². The van der Waals surface area contributed by atoms with Gasteiger partial charge in [-0.05, 0) is 92.9 Å². The second kappa shape index (κ2) is 7.12. The number of amides is 1. The van der Waals surface area contributed by atoms with Gasteiger partial charge in [-0.3, -0.25) is 4.79 Å². The fourth-order valence-corrected chi connectivity index (χ4v) is 6.53. The van der Waals surface area contributed by atoms with Crippen LogP contribution in [0.1, 0.15) is 55.3 Å². The van der Waals surface area contributed by atoms with Gasteiger partial charge in [0.15, 0.2) is 0 Å². The molecule has 1 aliphatic heterocycles. The Morgan fingerprint density at radius 3 is 2.33 bits per heavy atom. The highest BCUT2D eigenvalue weighted by Gasteiger charge is 2.50. The van der Waals surface area contributed by atoms with Gasteiger partial charge in [-0.1, -0.05) is 0 Å². The topological polar surface area (TPSA) is 38.8 Å². The number of benzene rings is 1. The molecule has 1 unspecified atom stereocenters. The highest BCUT2D eigenvalue weighted by atomic mass is 16.5. The van der Waals surface area contributed by atoms with Gasteiger partial charge in [-0.15, -0.1) is 0 Å². The Morgan fingerprint density at radius 1 is 1.07 bits per heavy atom.